The van der Waals surface area contributed by atoms with E-state index in [1.54, 1.807) is 13.0 Å². The largest absolute Gasteiger partial charge is 0.483 e. The minimum Gasteiger partial charge on any atom is -0.483 e. The molecule has 1 aromatic rings. The summed E-state index contributed by atoms with van der Waals surface area (Å²) in [6.45, 7) is 9.67. The highest BCUT2D eigenvalue weighted by molar-refractivity contribution is 5.77. The summed E-state index contributed by atoms with van der Waals surface area (Å²) < 4.78 is 5.52. The first-order valence-electron chi connectivity index (χ1n) is 7.02. The van der Waals surface area contributed by atoms with Crippen molar-refractivity contribution in [3.63, 3.8) is 0 Å². The van der Waals surface area contributed by atoms with Crippen LogP contribution in [0.15, 0.2) is 18.2 Å². The smallest absolute Gasteiger partial charge is 0.258 e. The van der Waals surface area contributed by atoms with Crippen molar-refractivity contribution in [1.29, 1.82) is 0 Å². The second-order valence-corrected chi connectivity index (χ2v) is 5.61. The van der Waals surface area contributed by atoms with Gasteiger partial charge in [0, 0.05) is 11.6 Å². The molecule has 0 aliphatic rings. The maximum Gasteiger partial charge on any atom is 0.258 e. The molecule has 0 spiro atoms. The molecule has 0 fully saturated rings. The molecule has 0 saturated heterocycles. The number of rotatable bonds is 6. The van der Waals surface area contributed by atoms with E-state index in [2.05, 4.69) is 19.2 Å². The van der Waals surface area contributed by atoms with Crippen molar-refractivity contribution in [1.82, 2.24) is 5.32 Å². The Hall–Kier alpha value is -1.55. The second kappa shape index (κ2) is 7.29. The van der Waals surface area contributed by atoms with Gasteiger partial charge >= 0.3 is 0 Å². The minimum absolute atomic E-state index is 0.0418. The van der Waals surface area contributed by atoms with Crippen LogP contribution in [0, 0.1) is 12.8 Å². The first kappa shape index (κ1) is 16.5. The van der Waals surface area contributed by atoms with Crippen LogP contribution in [0.25, 0.3) is 0 Å². The van der Waals surface area contributed by atoms with E-state index in [1.165, 1.54) is 0 Å². The molecule has 4 heteroatoms. The third kappa shape index (κ3) is 4.85. The molecule has 0 radical (unpaired) electrons. The van der Waals surface area contributed by atoms with Gasteiger partial charge in [-0.05, 0) is 38.8 Å². The van der Waals surface area contributed by atoms with Crippen LogP contribution in [-0.4, -0.2) is 23.7 Å². The van der Waals surface area contributed by atoms with Crippen molar-refractivity contribution < 1.29 is 14.6 Å². The van der Waals surface area contributed by atoms with E-state index in [1.807, 2.05) is 26.0 Å². The van der Waals surface area contributed by atoms with Crippen LogP contribution in [0.4, 0.5) is 0 Å². The van der Waals surface area contributed by atoms with Gasteiger partial charge in [-0.3, -0.25) is 4.79 Å². The number of hydrogen-bond acceptors (Lipinski definition) is 3. The molecule has 1 rings (SSSR count). The van der Waals surface area contributed by atoms with Crippen molar-refractivity contribution in [2.24, 2.45) is 5.92 Å². The van der Waals surface area contributed by atoms with Crippen LogP contribution in [0.1, 0.15) is 44.9 Å². The number of aliphatic hydroxyl groups is 1. The van der Waals surface area contributed by atoms with Gasteiger partial charge in [0.15, 0.2) is 6.61 Å². The molecule has 112 valence electrons. The Bertz CT molecular complexity index is 455. The average Bonchev–Trinajstić information content (AvgIpc) is 2.36. The Morgan fingerprint density at radius 1 is 1.30 bits per heavy atom. The van der Waals surface area contributed by atoms with Gasteiger partial charge in [-0.1, -0.05) is 25.5 Å². The molecule has 0 heterocycles. The summed E-state index contributed by atoms with van der Waals surface area (Å²) in [7, 11) is 0. The summed E-state index contributed by atoms with van der Waals surface area (Å²) in [5.74, 6) is 0.785. The molecular formula is C16H25NO3. The Labute approximate surface area is 121 Å². The number of aliphatic hydroxyl groups excluding tert-OH is 1. The summed E-state index contributed by atoms with van der Waals surface area (Å²) in [4.78, 5) is 11.8. The normalized spacial score (nSPS) is 13.9. The van der Waals surface area contributed by atoms with E-state index in [0.29, 0.717) is 17.2 Å². The van der Waals surface area contributed by atoms with Crippen LogP contribution in [0.3, 0.4) is 0 Å². The summed E-state index contributed by atoms with van der Waals surface area (Å²) in [5, 5.41) is 12.6. The molecule has 20 heavy (non-hydrogen) atoms. The lowest BCUT2D eigenvalue weighted by Crippen LogP contribution is -2.39. The number of hydrogen-bond donors (Lipinski definition) is 2. The summed E-state index contributed by atoms with van der Waals surface area (Å²) in [6, 6.07) is 5.67. The molecule has 0 aromatic heterocycles. The highest BCUT2D eigenvalue weighted by Gasteiger charge is 2.13. The Morgan fingerprint density at radius 3 is 2.50 bits per heavy atom. The van der Waals surface area contributed by atoms with E-state index in [9.17, 15) is 9.90 Å². The lowest BCUT2D eigenvalue weighted by molar-refractivity contribution is -0.124. The molecule has 1 aromatic carbocycles. The molecule has 2 N–H and O–H groups in total. The standard InChI is InChI=1S/C16H25NO3/c1-10(2)12(4)17-16(19)9-20-15-7-6-11(3)8-14(15)13(5)18/h6-8,10,12-13,18H,9H2,1-5H3,(H,17,19)/t12?,13-/m0/s1. The van der Waals surface area contributed by atoms with Crippen molar-refractivity contribution in [2.45, 2.75) is 46.8 Å². The Morgan fingerprint density at radius 2 is 1.95 bits per heavy atom. The second-order valence-electron chi connectivity index (χ2n) is 5.61. The van der Waals surface area contributed by atoms with Gasteiger partial charge in [0.25, 0.3) is 5.91 Å². The van der Waals surface area contributed by atoms with Gasteiger partial charge in [0.05, 0.1) is 6.10 Å². The van der Waals surface area contributed by atoms with Crippen molar-refractivity contribution in [3.05, 3.63) is 29.3 Å². The Balaban J connectivity index is 2.64. The fraction of sp³-hybridized carbons (Fsp3) is 0.562. The quantitative estimate of drug-likeness (QED) is 0.841. The van der Waals surface area contributed by atoms with Crippen LogP contribution in [-0.2, 0) is 4.79 Å². The van der Waals surface area contributed by atoms with Crippen LogP contribution in [0.2, 0.25) is 0 Å². The minimum atomic E-state index is -0.623. The average molecular weight is 279 g/mol. The van der Waals surface area contributed by atoms with Crippen molar-refractivity contribution >= 4 is 5.91 Å². The van der Waals surface area contributed by atoms with E-state index < -0.39 is 6.10 Å². The van der Waals surface area contributed by atoms with Crippen LogP contribution < -0.4 is 10.1 Å². The number of nitrogens with one attached hydrogen (secondary N) is 1. The first-order valence-corrected chi connectivity index (χ1v) is 7.02. The zero-order valence-electron chi connectivity index (χ0n) is 12.9. The zero-order chi connectivity index (χ0) is 15.3. The third-order valence-corrected chi connectivity index (χ3v) is 3.36. The summed E-state index contributed by atoms with van der Waals surface area (Å²) in [5.41, 5.74) is 1.75. The number of ether oxygens (including phenoxy) is 1. The summed E-state index contributed by atoms with van der Waals surface area (Å²) in [6.07, 6.45) is -0.623. The molecule has 1 unspecified atom stereocenters. The lowest BCUT2D eigenvalue weighted by Gasteiger charge is -2.18. The fourth-order valence-electron chi connectivity index (χ4n) is 1.73. The number of carbonyl (C=O) groups is 1. The molecule has 0 bridgehead atoms. The molecule has 1 amide bonds. The monoisotopic (exact) mass is 279 g/mol. The highest BCUT2D eigenvalue weighted by atomic mass is 16.5. The molecule has 0 aliphatic carbocycles. The molecule has 4 nitrogen and oxygen atoms in total. The van der Waals surface area contributed by atoms with E-state index in [0.717, 1.165) is 5.56 Å². The first-order chi connectivity index (χ1) is 9.31. The van der Waals surface area contributed by atoms with Crippen molar-refractivity contribution in [2.75, 3.05) is 6.61 Å². The third-order valence-electron chi connectivity index (χ3n) is 3.36. The highest BCUT2D eigenvalue weighted by Crippen LogP contribution is 2.26. The predicted octanol–water partition coefficient (Wildman–Crippen LogP) is 2.59. The molecule has 0 saturated carbocycles. The predicted molar refractivity (Wildman–Crippen MR) is 79.8 cm³/mol. The van der Waals surface area contributed by atoms with E-state index in [4.69, 9.17) is 4.74 Å². The van der Waals surface area contributed by atoms with Crippen LogP contribution >= 0.6 is 0 Å². The van der Waals surface area contributed by atoms with Gasteiger partial charge in [0.2, 0.25) is 0 Å². The molecule has 0 aliphatic heterocycles. The summed E-state index contributed by atoms with van der Waals surface area (Å²) >= 11 is 0. The van der Waals surface area contributed by atoms with E-state index in [-0.39, 0.29) is 18.6 Å². The number of aryl methyl sites for hydroxylation is 1. The Kier molecular flexibility index (Phi) is 6.02. The van der Waals surface area contributed by atoms with E-state index >= 15 is 0 Å². The topological polar surface area (TPSA) is 58.6 Å². The van der Waals surface area contributed by atoms with Gasteiger partial charge in [-0.2, -0.15) is 0 Å². The fourth-order valence-corrected chi connectivity index (χ4v) is 1.73. The van der Waals surface area contributed by atoms with Gasteiger partial charge in [-0.15, -0.1) is 0 Å². The van der Waals surface area contributed by atoms with Gasteiger partial charge in [0.1, 0.15) is 5.75 Å². The SMILES string of the molecule is Cc1ccc(OCC(=O)NC(C)C(C)C)c([C@H](C)O)c1. The van der Waals surface area contributed by atoms with Gasteiger partial charge < -0.3 is 15.2 Å². The number of carbonyl (C=O) groups excluding carboxylic acids is 1. The van der Waals surface area contributed by atoms with Crippen LogP contribution in [0.5, 0.6) is 5.75 Å². The maximum atomic E-state index is 11.8. The number of amides is 1. The van der Waals surface area contributed by atoms with Gasteiger partial charge in [-0.25, -0.2) is 0 Å². The lowest BCUT2D eigenvalue weighted by atomic mass is 10.1. The molecular weight excluding hydrogens is 254 g/mol. The maximum absolute atomic E-state index is 11.8. The number of benzene rings is 1. The van der Waals surface area contributed by atoms with Crippen molar-refractivity contribution in [3.8, 4) is 5.75 Å². The zero-order valence-corrected chi connectivity index (χ0v) is 12.9. The molecule has 2 atom stereocenters.